The lowest BCUT2D eigenvalue weighted by Gasteiger charge is -2.25. The van der Waals surface area contributed by atoms with E-state index < -0.39 is 25.6 Å². The van der Waals surface area contributed by atoms with E-state index in [9.17, 15) is 9.36 Å². The van der Waals surface area contributed by atoms with Crippen molar-refractivity contribution in [1.82, 2.24) is 0 Å². The summed E-state index contributed by atoms with van der Waals surface area (Å²) in [5.41, 5.74) is 1.57. The van der Waals surface area contributed by atoms with E-state index in [1.165, 1.54) is 0 Å². The lowest BCUT2D eigenvalue weighted by Crippen LogP contribution is -2.20. The van der Waals surface area contributed by atoms with Gasteiger partial charge in [0.1, 0.15) is 11.9 Å². The molecule has 0 radical (unpaired) electrons. The minimum Gasteiger partial charge on any atom is -0.497 e. The normalized spacial score (nSPS) is 13.5. The van der Waals surface area contributed by atoms with Crippen LogP contribution in [-0.2, 0) is 23.1 Å². The minimum absolute atomic E-state index is 0.0470. The summed E-state index contributed by atoms with van der Waals surface area (Å²) in [7, 11) is -1.80. The van der Waals surface area contributed by atoms with Crippen molar-refractivity contribution in [1.29, 1.82) is 0 Å². The van der Waals surface area contributed by atoms with E-state index in [0.29, 0.717) is 0 Å². The van der Waals surface area contributed by atoms with Gasteiger partial charge >= 0.3 is 13.6 Å². The number of rotatable bonds is 11. The lowest BCUT2D eigenvalue weighted by molar-refractivity contribution is -0.150. The zero-order chi connectivity index (χ0) is 23.8. The topological polar surface area (TPSA) is 71.1 Å². The fraction of sp³-hybridized carbons (Fsp3) is 0.346. The molecule has 0 amide bonds. The number of hydrogen-bond acceptors (Lipinski definition) is 6. The molecule has 0 aliphatic rings. The number of carbonyl (C=O) groups is 1. The van der Waals surface area contributed by atoms with Crippen LogP contribution in [0, 0.1) is 0 Å². The smallest absolute Gasteiger partial charge is 0.334 e. The number of fused-ring (bicyclic) bond motifs is 1. The van der Waals surface area contributed by atoms with Crippen molar-refractivity contribution in [3.8, 4) is 5.75 Å². The van der Waals surface area contributed by atoms with Gasteiger partial charge < -0.3 is 18.5 Å². The van der Waals surface area contributed by atoms with Crippen LogP contribution >= 0.6 is 7.60 Å². The lowest BCUT2D eigenvalue weighted by atomic mass is 9.97. The molecule has 3 aromatic carbocycles. The van der Waals surface area contributed by atoms with E-state index in [0.717, 1.165) is 27.6 Å². The Bertz CT molecular complexity index is 1100. The van der Waals surface area contributed by atoms with Crippen molar-refractivity contribution < 1.29 is 27.9 Å². The van der Waals surface area contributed by atoms with Crippen LogP contribution in [0.25, 0.3) is 10.8 Å². The Balaban J connectivity index is 1.83. The average molecular weight is 471 g/mol. The summed E-state index contributed by atoms with van der Waals surface area (Å²) in [4.78, 5) is 13.2. The van der Waals surface area contributed by atoms with Crippen LogP contribution in [0.3, 0.4) is 0 Å². The highest BCUT2D eigenvalue weighted by Crippen LogP contribution is 2.51. The highest BCUT2D eigenvalue weighted by atomic mass is 31.2. The molecule has 0 aliphatic heterocycles. The first-order chi connectivity index (χ1) is 15.9. The maximum Gasteiger partial charge on any atom is 0.334 e. The molecular weight excluding hydrogens is 439 g/mol. The van der Waals surface area contributed by atoms with Gasteiger partial charge in [-0.1, -0.05) is 54.6 Å². The molecule has 3 rings (SSSR count). The zero-order valence-corrected chi connectivity index (χ0v) is 20.4. The molecule has 0 heterocycles. The van der Waals surface area contributed by atoms with Gasteiger partial charge in [0.15, 0.2) is 0 Å². The van der Waals surface area contributed by atoms with Crippen molar-refractivity contribution >= 4 is 24.3 Å². The molecule has 0 fully saturated rings. The van der Waals surface area contributed by atoms with E-state index >= 15 is 0 Å². The van der Waals surface area contributed by atoms with Gasteiger partial charge in [-0.05, 0) is 54.8 Å². The predicted octanol–water partition coefficient (Wildman–Crippen LogP) is 6.50. The average Bonchev–Trinajstić information content (AvgIpc) is 2.83. The summed E-state index contributed by atoms with van der Waals surface area (Å²) in [6.07, 6.45) is -0.802. The van der Waals surface area contributed by atoms with Gasteiger partial charge in [-0.2, -0.15) is 0 Å². The maximum absolute atomic E-state index is 13.2. The molecule has 0 aromatic heterocycles. The number of carbonyl (C=O) groups excluding carboxylic acids is 1. The second kappa shape index (κ2) is 11.5. The first kappa shape index (κ1) is 25.0. The second-order valence-corrected chi connectivity index (χ2v) is 9.76. The van der Waals surface area contributed by atoms with Gasteiger partial charge in [0.25, 0.3) is 0 Å². The number of hydrogen-bond donors (Lipinski definition) is 0. The molecule has 0 spiro atoms. The second-order valence-electron chi connectivity index (χ2n) is 7.66. The molecule has 176 valence electrons. The summed E-state index contributed by atoms with van der Waals surface area (Å²) in [6.45, 7) is 5.80. The number of ether oxygens (including phenoxy) is 2. The van der Waals surface area contributed by atoms with Crippen LogP contribution < -0.4 is 4.74 Å². The fourth-order valence-electron chi connectivity index (χ4n) is 3.63. The van der Waals surface area contributed by atoms with Gasteiger partial charge in [-0.3, -0.25) is 9.36 Å². The van der Waals surface area contributed by atoms with E-state index in [-0.39, 0.29) is 19.4 Å². The molecule has 0 saturated heterocycles. The van der Waals surface area contributed by atoms with E-state index in [1.54, 1.807) is 27.9 Å². The molecule has 0 aliphatic carbocycles. The molecule has 0 bridgehead atoms. The fourth-order valence-corrected chi connectivity index (χ4v) is 5.40. The first-order valence-corrected chi connectivity index (χ1v) is 12.8. The molecule has 0 saturated carbocycles. The van der Waals surface area contributed by atoms with Crippen molar-refractivity contribution in [2.75, 3.05) is 26.5 Å². The number of benzene rings is 3. The third kappa shape index (κ3) is 6.44. The quantitative estimate of drug-likeness (QED) is 0.235. The van der Waals surface area contributed by atoms with Crippen LogP contribution in [0.5, 0.6) is 5.75 Å². The summed E-state index contributed by atoms with van der Waals surface area (Å²) in [6, 6.07) is 20.9. The predicted molar refractivity (Wildman–Crippen MR) is 130 cm³/mol. The molecule has 3 aromatic rings. The van der Waals surface area contributed by atoms with Crippen LogP contribution in [-0.4, -0.2) is 32.5 Å². The molecule has 2 atom stereocenters. The minimum atomic E-state index is -3.43. The Morgan fingerprint density at radius 1 is 0.879 bits per heavy atom. The molecule has 0 unspecified atom stereocenters. The highest BCUT2D eigenvalue weighted by molar-refractivity contribution is 7.53. The van der Waals surface area contributed by atoms with Gasteiger partial charge in [-0.25, -0.2) is 0 Å². The Morgan fingerprint density at radius 2 is 1.52 bits per heavy atom. The zero-order valence-electron chi connectivity index (χ0n) is 19.5. The summed E-state index contributed by atoms with van der Waals surface area (Å²) >= 11 is 0. The third-order valence-corrected chi connectivity index (χ3v) is 7.48. The first-order valence-electron chi connectivity index (χ1n) is 11.1. The molecule has 6 nitrogen and oxygen atoms in total. The van der Waals surface area contributed by atoms with Crippen molar-refractivity contribution in [3.05, 3.63) is 77.9 Å². The maximum atomic E-state index is 13.2. The van der Waals surface area contributed by atoms with Gasteiger partial charge in [0, 0.05) is 0 Å². The number of methoxy groups -OCH3 is 1. The number of esters is 1. The Kier molecular flexibility index (Phi) is 8.67. The van der Waals surface area contributed by atoms with E-state index in [1.807, 2.05) is 66.7 Å². The van der Waals surface area contributed by atoms with Crippen LogP contribution in [0.2, 0.25) is 0 Å². The third-order valence-electron chi connectivity index (χ3n) is 5.40. The SMILES string of the molecule is CCOP(=O)(C[C@@H](OC(=O)[C@H](C)c1ccc2cc(OC)ccc2c1)c1ccccc1)OCC. The van der Waals surface area contributed by atoms with E-state index in [2.05, 4.69) is 0 Å². The molecule has 0 N–H and O–H groups in total. The summed E-state index contributed by atoms with van der Waals surface area (Å²) in [5, 5.41) is 2.03. The van der Waals surface area contributed by atoms with Crippen molar-refractivity contribution in [2.24, 2.45) is 0 Å². The van der Waals surface area contributed by atoms with Gasteiger partial charge in [-0.15, -0.1) is 0 Å². The van der Waals surface area contributed by atoms with Gasteiger partial charge in [0.2, 0.25) is 0 Å². The van der Waals surface area contributed by atoms with Gasteiger partial charge in [0.05, 0.1) is 32.4 Å². The summed E-state index contributed by atoms with van der Waals surface area (Å²) in [5.74, 6) is -0.140. The largest absolute Gasteiger partial charge is 0.497 e. The van der Waals surface area contributed by atoms with Crippen LogP contribution in [0.4, 0.5) is 0 Å². The van der Waals surface area contributed by atoms with Crippen molar-refractivity contribution in [2.45, 2.75) is 32.8 Å². The van der Waals surface area contributed by atoms with Crippen LogP contribution in [0.1, 0.15) is 43.9 Å². The monoisotopic (exact) mass is 470 g/mol. The standard InChI is InChI=1S/C26H31O6P/c1-5-30-33(28,31-6-2)18-25(20-10-8-7-9-11-20)32-26(27)19(3)21-12-13-23-17-24(29-4)15-14-22(23)16-21/h7-17,19,25H,5-6,18H2,1-4H3/t19-,25-/m1/s1. The Morgan fingerprint density at radius 3 is 2.15 bits per heavy atom. The highest BCUT2D eigenvalue weighted by Gasteiger charge is 2.33. The summed E-state index contributed by atoms with van der Waals surface area (Å²) < 4.78 is 35.2. The van der Waals surface area contributed by atoms with Crippen molar-refractivity contribution in [3.63, 3.8) is 0 Å². The molecule has 33 heavy (non-hydrogen) atoms. The van der Waals surface area contributed by atoms with Crippen LogP contribution in [0.15, 0.2) is 66.7 Å². The Labute approximate surface area is 195 Å². The van der Waals surface area contributed by atoms with E-state index in [4.69, 9.17) is 18.5 Å². The Hall–Kier alpha value is -2.66. The molecular formula is C26H31O6P. The molecule has 7 heteroatoms.